The summed E-state index contributed by atoms with van der Waals surface area (Å²) in [4.78, 5) is 25.3. The summed E-state index contributed by atoms with van der Waals surface area (Å²) in [5, 5.41) is 14.3. The standard InChI is InChI=1S/C31H25Cl2NO4/c32-26-9-1-21(2-10-26)19-38-28-13-3-20(4-14-28)15-29(35)34-31(30(36)37)17-24-6-5-23(16-25(24)18-31)22-7-11-27(33)12-8-22/h1-14,16H,15,17-19H2,(H,34,35)(H,36,37). The number of hydrogen-bond acceptors (Lipinski definition) is 3. The zero-order chi connectivity index (χ0) is 26.7. The summed E-state index contributed by atoms with van der Waals surface area (Å²) in [5.74, 6) is -0.706. The first-order valence-corrected chi connectivity index (χ1v) is 12.9. The number of aliphatic carboxylic acids is 1. The zero-order valence-corrected chi connectivity index (χ0v) is 21.9. The lowest BCUT2D eigenvalue weighted by Crippen LogP contribution is -2.55. The fourth-order valence-corrected chi connectivity index (χ4v) is 4.99. The number of benzene rings is 4. The van der Waals surface area contributed by atoms with Crippen LogP contribution < -0.4 is 10.1 Å². The van der Waals surface area contributed by atoms with Crippen LogP contribution in [0.15, 0.2) is 91.0 Å². The van der Waals surface area contributed by atoms with Crippen molar-refractivity contribution >= 4 is 35.1 Å². The monoisotopic (exact) mass is 545 g/mol. The lowest BCUT2D eigenvalue weighted by Gasteiger charge is -2.25. The molecule has 4 aromatic rings. The molecule has 4 aromatic carbocycles. The molecule has 5 rings (SSSR count). The Bertz CT molecular complexity index is 1470. The van der Waals surface area contributed by atoms with Crippen molar-refractivity contribution in [2.45, 2.75) is 31.4 Å². The fourth-order valence-electron chi connectivity index (χ4n) is 4.74. The normalized spacial score (nSPS) is 16.1. The Labute approximate surface area is 231 Å². The van der Waals surface area contributed by atoms with E-state index in [-0.39, 0.29) is 25.2 Å². The SMILES string of the molecule is O=C(Cc1ccc(OCc2ccc(Cl)cc2)cc1)NC1(C(=O)O)Cc2ccc(-c3ccc(Cl)cc3)cc2C1. The Balaban J connectivity index is 1.22. The number of ether oxygens (including phenoxy) is 1. The van der Waals surface area contributed by atoms with E-state index in [0.717, 1.165) is 33.4 Å². The molecular weight excluding hydrogens is 521 g/mol. The van der Waals surface area contributed by atoms with E-state index in [1.165, 1.54) is 0 Å². The van der Waals surface area contributed by atoms with Gasteiger partial charge in [0.25, 0.3) is 0 Å². The van der Waals surface area contributed by atoms with Crippen LogP contribution in [0, 0.1) is 0 Å². The first-order chi connectivity index (χ1) is 18.3. The molecule has 1 amide bonds. The third-order valence-electron chi connectivity index (χ3n) is 6.76. The molecule has 0 heterocycles. The van der Waals surface area contributed by atoms with E-state index in [9.17, 15) is 14.7 Å². The van der Waals surface area contributed by atoms with Gasteiger partial charge in [-0.05, 0) is 69.8 Å². The largest absolute Gasteiger partial charge is 0.489 e. The molecule has 0 spiro atoms. The van der Waals surface area contributed by atoms with Crippen molar-refractivity contribution < 1.29 is 19.4 Å². The second-order valence-corrected chi connectivity index (χ2v) is 10.4. The van der Waals surface area contributed by atoms with Crippen LogP contribution in [-0.2, 0) is 35.5 Å². The number of amides is 1. The third-order valence-corrected chi connectivity index (χ3v) is 7.27. The molecule has 0 saturated carbocycles. The minimum absolute atomic E-state index is 0.0683. The highest BCUT2D eigenvalue weighted by molar-refractivity contribution is 6.30. The molecule has 1 unspecified atom stereocenters. The fraction of sp³-hybridized carbons (Fsp3) is 0.161. The number of hydrogen-bond donors (Lipinski definition) is 2. The van der Waals surface area contributed by atoms with Gasteiger partial charge in [-0.1, -0.05) is 77.8 Å². The van der Waals surface area contributed by atoms with Gasteiger partial charge in [0.05, 0.1) is 6.42 Å². The van der Waals surface area contributed by atoms with Gasteiger partial charge < -0.3 is 15.2 Å². The molecule has 1 atom stereocenters. The van der Waals surface area contributed by atoms with Crippen molar-refractivity contribution in [1.29, 1.82) is 0 Å². The number of carboxylic acid groups (broad SMARTS) is 1. The minimum Gasteiger partial charge on any atom is -0.489 e. The highest BCUT2D eigenvalue weighted by Gasteiger charge is 2.45. The molecule has 0 radical (unpaired) electrons. The highest BCUT2D eigenvalue weighted by atomic mass is 35.5. The minimum atomic E-state index is -1.38. The molecule has 5 nitrogen and oxygen atoms in total. The maximum Gasteiger partial charge on any atom is 0.330 e. The van der Waals surface area contributed by atoms with Gasteiger partial charge in [0.2, 0.25) is 5.91 Å². The summed E-state index contributed by atoms with van der Waals surface area (Å²) in [6.45, 7) is 0.401. The van der Waals surface area contributed by atoms with Gasteiger partial charge in [0.1, 0.15) is 17.9 Å². The molecule has 0 aromatic heterocycles. The number of nitrogens with one attached hydrogen (secondary N) is 1. The van der Waals surface area contributed by atoms with E-state index in [1.54, 1.807) is 12.1 Å². The highest BCUT2D eigenvalue weighted by Crippen LogP contribution is 2.34. The summed E-state index contributed by atoms with van der Waals surface area (Å²) in [6, 6.07) is 28.1. The summed E-state index contributed by atoms with van der Waals surface area (Å²) in [7, 11) is 0. The van der Waals surface area contributed by atoms with E-state index in [2.05, 4.69) is 5.32 Å². The van der Waals surface area contributed by atoms with E-state index in [1.807, 2.05) is 78.9 Å². The predicted molar refractivity (Wildman–Crippen MR) is 149 cm³/mol. The van der Waals surface area contributed by atoms with Crippen LogP contribution in [0.1, 0.15) is 22.3 Å². The van der Waals surface area contributed by atoms with Crippen molar-refractivity contribution in [1.82, 2.24) is 5.32 Å². The van der Waals surface area contributed by atoms with Crippen LogP contribution in [0.3, 0.4) is 0 Å². The summed E-state index contributed by atoms with van der Waals surface area (Å²) >= 11 is 11.9. The quantitative estimate of drug-likeness (QED) is 0.264. The predicted octanol–water partition coefficient (Wildman–Crippen LogP) is 6.52. The molecule has 0 saturated heterocycles. The second kappa shape index (κ2) is 10.9. The average Bonchev–Trinajstić information content (AvgIpc) is 3.28. The Morgan fingerprint density at radius 2 is 1.34 bits per heavy atom. The van der Waals surface area contributed by atoms with E-state index < -0.39 is 11.5 Å². The lowest BCUT2D eigenvalue weighted by atomic mass is 9.95. The van der Waals surface area contributed by atoms with E-state index >= 15 is 0 Å². The molecule has 0 aliphatic heterocycles. The molecule has 1 aliphatic rings. The van der Waals surface area contributed by atoms with Crippen LogP contribution in [0.2, 0.25) is 10.0 Å². The maximum atomic E-state index is 12.9. The molecule has 38 heavy (non-hydrogen) atoms. The number of fused-ring (bicyclic) bond motifs is 1. The van der Waals surface area contributed by atoms with Crippen molar-refractivity contribution in [2.75, 3.05) is 0 Å². The first kappa shape index (κ1) is 25.8. The smallest absolute Gasteiger partial charge is 0.330 e. The summed E-state index contributed by atoms with van der Waals surface area (Å²) < 4.78 is 5.80. The second-order valence-electron chi connectivity index (χ2n) is 9.52. The van der Waals surface area contributed by atoms with Crippen molar-refractivity contribution in [2.24, 2.45) is 0 Å². The number of rotatable bonds is 8. The van der Waals surface area contributed by atoms with Gasteiger partial charge >= 0.3 is 5.97 Å². The lowest BCUT2D eigenvalue weighted by molar-refractivity contribution is -0.147. The van der Waals surface area contributed by atoms with Gasteiger partial charge in [0, 0.05) is 22.9 Å². The number of carboxylic acids is 1. The Morgan fingerprint density at radius 3 is 2.00 bits per heavy atom. The summed E-state index contributed by atoms with van der Waals surface area (Å²) in [5.41, 5.74) is 4.20. The molecule has 2 N–H and O–H groups in total. The van der Waals surface area contributed by atoms with E-state index in [0.29, 0.717) is 22.4 Å². The average molecular weight is 546 g/mol. The van der Waals surface area contributed by atoms with Crippen LogP contribution in [0.4, 0.5) is 0 Å². The third kappa shape index (κ3) is 5.85. The topological polar surface area (TPSA) is 75.6 Å². The van der Waals surface area contributed by atoms with E-state index in [4.69, 9.17) is 27.9 Å². The van der Waals surface area contributed by atoms with Gasteiger partial charge in [0.15, 0.2) is 0 Å². The maximum absolute atomic E-state index is 12.9. The van der Waals surface area contributed by atoms with Gasteiger partial charge in [-0.15, -0.1) is 0 Å². The Kier molecular flexibility index (Phi) is 7.41. The van der Waals surface area contributed by atoms with Crippen LogP contribution in [-0.4, -0.2) is 22.5 Å². The van der Waals surface area contributed by atoms with Crippen molar-refractivity contribution in [3.63, 3.8) is 0 Å². The van der Waals surface area contributed by atoms with Crippen LogP contribution in [0.5, 0.6) is 5.75 Å². The Morgan fingerprint density at radius 1 is 0.763 bits per heavy atom. The molecule has 1 aliphatic carbocycles. The Hall–Kier alpha value is -3.80. The number of halogens is 2. The van der Waals surface area contributed by atoms with Gasteiger partial charge in [-0.3, -0.25) is 4.79 Å². The zero-order valence-electron chi connectivity index (χ0n) is 20.4. The van der Waals surface area contributed by atoms with Gasteiger partial charge in [-0.25, -0.2) is 4.79 Å². The first-order valence-electron chi connectivity index (χ1n) is 12.2. The number of carbonyl (C=O) groups excluding carboxylic acids is 1. The molecule has 0 bridgehead atoms. The number of carbonyl (C=O) groups is 2. The van der Waals surface area contributed by atoms with Crippen molar-refractivity contribution in [3.8, 4) is 16.9 Å². The molecule has 0 fully saturated rings. The van der Waals surface area contributed by atoms with Crippen molar-refractivity contribution in [3.05, 3.63) is 123 Å². The molecule has 192 valence electrons. The van der Waals surface area contributed by atoms with Crippen LogP contribution >= 0.6 is 23.2 Å². The summed E-state index contributed by atoms with van der Waals surface area (Å²) in [6.07, 6.45) is 0.531. The van der Waals surface area contributed by atoms with Crippen LogP contribution in [0.25, 0.3) is 11.1 Å². The van der Waals surface area contributed by atoms with Gasteiger partial charge in [-0.2, -0.15) is 0 Å². The molecular formula is C31H25Cl2NO4. The molecule has 7 heteroatoms.